The highest BCUT2D eigenvalue weighted by atomic mass is 16.1. The van der Waals surface area contributed by atoms with Crippen LogP contribution >= 0.6 is 0 Å². The first kappa shape index (κ1) is 24.4. The van der Waals surface area contributed by atoms with Gasteiger partial charge in [-0.25, -0.2) is 0 Å². The van der Waals surface area contributed by atoms with Gasteiger partial charge in [0.2, 0.25) is 0 Å². The number of unbranched alkanes of at least 4 members (excludes halogenated alkanes) is 5. The van der Waals surface area contributed by atoms with Gasteiger partial charge in [0.15, 0.2) is 0 Å². The van der Waals surface area contributed by atoms with Crippen molar-refractivity contribution in [3.63, 3.8) is 0 Å². The maximum absolute atomic E-state index is 13.7. The number of benzene rings is 3. The zero-order chi connectivity index (χ0) is 24.3. The monoisotopic (exact) mass is 462 g/mol. The number of hydrogen-bond donors (Lipinski definition) is 1. The molecule has 3 nitrogen and oxygen atoms in total. The zero-order valence-electron chi connectivity index (χ0n) is 20.5. The van der Waals surface area contributed by atoms with E-state index in [1.165, 1.54) is 32.1 Å². The smallest absolute Gasteiger partial charge is 0.256 e. The number of anilines is 1. The summed E-state index contributed by atoms with van der Waals surface area (Å²) < 4.78 is 0. The molecule has 3 heteroatoms. The van der Waals surface area contributed by atoms with Gasteiger partial charge in [-0.05, 0) is 48.1 Å². The largest absolute Gasteiger partial charge is 0.320 e. The second kappa shape index (κ2) is 12.7. The van der Waals surface area contributed by atoms with Gasteiger partial charge < -0.3 is 5.32 Å². The number of carbonyl (C=O) groups excluding carboxylic acids is 1. The molecule has 0 saturated carbocycles. The predicted molar refractivity (Wildman–Crippen MR) is 148 cm³/mol. The van der Waals surface area contributed by atoms with Gasteiger partial charge >= 0.3 is 0 Å². The fraction of sp³-hybridized carbons (Fsp3) is 0.250. The van der Waals surface area contributed by atoms with Crippen LogP contribution in [0.2, 0.25) is 0 Å². The Bertz CT molecular complexity index is 1270. The van der Waals surface area contributed by atoms with Crippen molar-refractivity contribution in [2.75, 3.05) is 5.32 Å². The number of para-hydroxylation sites is 1. The lowest BCUT2D eigenvalue weighted by molar-refractivity contribution is 0.102. The minimum atomic E-state index is -0.106. The summed E-state index contributed by atoms with van der Waals surface area (Å²) in [5.41, 5.74) is 5.25. The summed E-state index contributed by atoms with van der Waals surface area (Å²) in [6.45, 7) is 2.24. The molecule has 0 aliphatic rings. The van der Waals surface area contributed by atoms with Crippen molar-refractivity contribution in [2.45, 2.75) is 51.9 Å². The first-order valence-electron chi connectivity index (χ1n) is 12.8. The Morgan fingerprint density at radius 2 is 1.63 bits per heavy atom. The molecule has 0 radical (unpaired) electrons. The Morgan fingerprint density at radius 3 is 2.49 bits per heavy atom. The molecule has 4 rings (SSSR count). The molecule has 0 atom stereocenters. The summed E-state index contributed by atoms with van der Waals surface area (Å²) in [6, 6.07) is 26.1. The van der Waals surface area contributed by atoms with E-state index in [2.05, 4.69) is 47.6 Å². The lowest BCUT2D eigenvalue weighted by Gasteiger charge is -2.15. The number of rotatable bonds is 11. The molecule has 4 aromatic rings. The molecule has 35 heavy (non-hydrogen) atoms. The highest BCUT2D eigenvalue weighted by molar-refractivity contribution is 6.12. The van der Waals surface area contributed by atoms with Crippen LogP contribution in [0.1, 0.15) is 61.4 Å². The quantitative estimate of drug-likeness (QED) is 0.179. The van der Waals surface area contributed by atoms with Gasteiger partial charge in [0.1, 0.15) is 0 Å². The molecule has 0 bridgehead atoms. The third-order valence-electron chi connectivity index (χ3n) is 6.32. The second-order valence-corrected chi connectivity index (χ2v) is 8.92. The van der Waals surface area contributed by atoms with Crippen molar-refractivity contribution in [1.29, 1.82) is 0 Å². The molecule has 3 aromatic carbocycles. The Morgan fingerprint density at radius 1 is 0.829 bits per heavy atom. The highest BCUT2D eigenvalue weighted by Gasteiger charge is 2.18. The highest BCUT2D eigenvalue weighted by Crippen LogP contribution is 2.29. The van der Waals surface area contributed by atoms with Crippen molar-refractivity contribution in [1.82, 2.24) is 4.98 Å². The molecule has 0 fully saturated rings. The Labute approximate surface area is 208 Å². The summed E-state index contributed by atoms with van der Waals surface area (Å²) in [6.07, 6.45) is 14.5. The molecule has 0 unspecified atom stereocenters. The topological polar surface area (TPSA) is 42.0 Å². The van der Waals surface area contributed by atoms with E-state index >= 15 is 0 Å². The van der Waals surface area contributed by atoms with Gasteiger partial charge in [-0.1, -0.05) is 111 Å². The van der Waals surface area contributed by atoms with E-state index in [0.29, 0.717) is 0 Å². The van der Waals surface area contributed by atoms with Crippen LogP contribution in [0, 0.1) is 0 Å². The lowest BCUT2D eigenvalue weighted by Crippen LogP contribution is -2.16. The molecule has 1 heterocycles. The molecule has 178 valence electrons. The van der Waals surface area contributed by atoms with Crippen LogP contribution < -0.4 is 5.32 Å². The molecule has 0 saturated heterocycles. The first-order chi connectivity index (χ1) is 17.3. The first-order valence-corrected chi connectivity index (χ1v) is 12.8. The summed E-state index contributed by atoms with van der Waals surface area (Å²) in [4.78, 5) is 18.2. The fourth-order valence-electron chi connectivity index (χ4n) is 4.48. The Kier molecular flexibility index (Phi) is 8.83. The predicted octanol–water partition coefficient (Wildman–Crippen LogP) is 8.61. The van der Waals surface area contributed by atoms with E-state index in [4.69, 9.17) is 0 Å². The van der Waals surface area contributed by atoms with Crippen molar-refractivity contribution >= 4 is 22.5 Å². The molecule has 1 amide bonds. The minimum Gasteiger partial charge on any atom is -0.320 e. The SMILES string of the molecule is CCCCCCC/C=C\Cc1cccc(-c2ccccc2)c1C(=O)Nc1cccc2cccnc12. The van der Waals surface area contributed by atoms with Crippen LogP contribution in [-0.2, 0) is 6.42 Å². The van der Waals surface area contributed by atoms with Crippen LogP contribution in [0.4, 0.5) is 5.69 Å². The van der Waals surface area contributed by atoms with Crippen LogP contribution in [0.15, 0.2) is 97.2 Å². The Hall–Kier alpha value is -3.72. The third-order valence-corrected chi connectivity index (χ3v) is 6.32. The molecule has 0 aliphatic carbocycles. The number of amides is 1. The van der Waals surface area contributed by atoms with Crippen LogP contribution in [-0.4, -0.2) is 10.9 Å². The standard InChI is InChI=1S/C32H34N2O/c1-2-3-4-5-6-7-8-10-18-26-19-13-22-28(25-16-11-9-12-17-25)30(26)32(35)34-29-23-14-20-27-21-15-24-33-31(27)29/h8-17,19-24H,2-7,18H2,1H3,(H,34,35)/b10-8-. The fourth-order valence-corrected chi connectivity index (χ4v) is 4.48. The van der Waals surface area contributed by atoms with Gasteiger partial charge in [-0.3, -0.25) is 9.78 Å². The number of pyridine rings is 1. The normalized spacial score (nSPS) is 11.2. The van der Waals surface area contributed by atoms with Crippen LogP contribution in [0.5, 0.6) is 0 Å². The van der Waals surface area contributed by atoms with Gasteiger partial charge in [0, 0.05) is 11.6 Å². The number of aromatic nitrogens is 1. The van der Waals surface area contributed by atoms with E-state index in [1.807, 2.05) is 60.7 Å². The molecular formula is C32H34N2O. The van der Waals surface area contributed by atoms with Gasteiger partial charge in [0.05, 0.1) is 16.8 Å². The zero-order valence-corrected chi connectivity index (χ0v) is 20.5. The molecule has 1 aromatic heterocycles. The van der Waals surface area contributed by atoms with E-state index in [-0.39, 0.29) is 5.91 Å². The molecule has 0 spiro atoms. The summed E-state index contributed by atoms with van der Waals surface area (Å²) in [5, 5.41) is 4.16. The average molecular weight is 463 g/mol. The molecule has 0 aliphatic heterocycles. The van der Waals surface area contributed by atoms with Crippen LogP contribution in [0.3, 0.4) is 0 Å². The third kappa shape index (κ3) is 6.45. The number of allylic oxidation sites excluding steroid dienone is 2. The lowest BCUT2D eigenvalue weighted by atomic mass is 9.93. The summed E-state index contributed by atoms with van der Waals surface area (Å²) >= 11 is 0. The number of nitrogens with zero attached hydrogens (tertiary/aromatic N) is 1. The van der Waals surface area contributed by atoms with E-state index in [0.717, 1.165) is 51.7 Å². The minimum absolute atomic E-state index is 0.106. The van der Waals surface area contributed by atoms with Gasteiger partial charge in [-0.15, -0.1) is 0 Å². The average Bonchev–Trinajstić information content (AvgIpc) is 2.90. The van der Waals surface area contributed by atoms with Gasteiger partial charge in [-0.2, -0.15) is 0 Å². The van der Waals surface area contributed by atoms with Crippen molar-refractivity contribution in [2.24, 2.45) is 0 Å². The molecule has 1 N–H and O–H groups in total. The second-order valence-electron chi connectivity index (χ2n) is 8.92. The maximum atomic E-state index is 13.7. The van der Waals surface area contributed by atoms with Crippen LogP contribution in [0.25, 0.3) is 22.0 Å². The van der Waals surface area contributed by atoms with E-state index in [1.54, 1.807) is 6.20 Å². The van der Waals surface area contributed by atoms with Crippen molar-refractivity contribution in [3.8, 4) is 11.1 Å². The Balaban J connectivity index is 1.60. The number of nitrogens with one attached hydrogen (secondary N) is 1. The van der Waals surface area contributed by atoms with E-state index < -0.39 is 0 Å². The number of carbonyl (C=O) groups is 1. The maximum Gasteiger partial charge on any atom is 0.256 e. The number of fused-ring (bicyclic) bond motifs is 1. The van der Waals surface area contributed by atoms with Crippen molar-refractivity contribution < 1.29 is 4.79 Å². The van der Waals surface area contributed by atoms with Crippen molar-refractivity contribution in [3.05, 3.63) is 108 Å². The van der Waals surface area contributed by atoms with E-state index in [9.17, 15) is 4.79 Å². The molecular weight excluding hydrogens is 428 g/mol. The number of hydrogen-bond acceptors (Lipinski definition) is 2. The summed E-state index contributed by atoms with van der Waals surface area (Å²) in [7, 11) is 0. The van der Waals surface area contributed by atoms with Gasteiger partial charge in [0.25, 0.3) is 5.91 Å². The summed E-state index contributed by atoms with van der Waals surface area (Å²) in [5.74, 6) is -0.106.